The van der Waals surface area contributed by atoms with Gasteiger partial charge in [0.15, 0.2) is 11.5 Å². The van der Waals surface area contributed by atoms with Gasteiger partial charge in [-0.25, -0.2) is 0 Å². The van der Waals surface area contributed by atoms with E-state index >= 15 is 0 Å². The Hall–Kier alpha value is -3.01. The first kappa shape index (κ1) is 18.0. The number of nitro groups is 1. The minimum atomic E-state index is -0.536. The van der Waals surface area contributed by atoms with Crippen molar-refractivity contribution in [3.63, 3.8) is 0 Å². The highest BCUT2D eigenvalue weighted by molar-refractivity contribution is 7.09. The molecule has 1 aromatic carbocycles. The average Bonchev–Trinajstić information content (AvgIpc) is 3.49. The fraction of sp³-hybridized carbons (Fsp3) is 0.250. The van der Waals surface area contributed by atoms with Crippen LogP contribution in [0.4, 0.5) is 5.69 Å². The van der Waals surface area contributed by atoms with Crippen LogP contribution in [0.3, 0.4) is 0 Å². The van der Waals surface area contributed by atoms with E-state index in [-0.39, 0.29) is 5.69 Å². The molecule has 0 atom stereocenters. The highest BCUT2D eigenvalue weighted by atomic mass is 32.1. The predicted octanol–water partition coefficient (Wildman–Crippen LogP) is 4.75. The van der Waals surface area contributed by atoms with Gasteiger partial charge in [-0.1, -0.05) is 6.07 Å². The molecule has 29 heavy (non-hydrogen) atoms. The summed E-state index contributed by atoms with van der Waals surface area (Å²) in [5.41, 5.74) is 1.38. The Balaban J connectivity index is 1.59. The third-order valence-corrected chi connectivity index (χ3v) is 5.61. The van der Waals surface area contributed by atoms with Gasteiger partial charge in [-0.15, -0.1) is 11.3 Å². The van der Waals surface area contributed by atoms with E-state index in [9.17, 15) is 10.1 Å². The fourth-order valence-electron chi connectivity index (χ4n) is 3.39. The Kier molecular flexibility index (Phi) is 4.62. The number of thiophene rings is 1. The zero-order valence-corrected chi connectivity index (χ0v) is 16.1. The van der Waals surface area contributed by atoms with E-state index in [0.29, 0.717) is 42.4 Å². The van der Waals surface area contributed by atoms with E-state index in [1.807, 2.05) is 22.2 Å². The molecule has 4 aromatic rings. The average molecular weight is 411 g/mol. The second-order valence-electron chi connectivity index (χ2n) is 6.67. The summed E-state index contributed by atoms with van der Waals surface area (Å²) in [6, 6.07) is 12.4. The summed E-state index contributed by atoms with van der Waals surface area (Å²) < 4.78 is 19.0. The first-order valence-electron chi connectivity index (χ1n) is 9.20. The molecule has 0 radical (unpaired) electrons. The van der Waals surface area contributed by atoms with Crippen LogP contribution in [0.2, 0.25) is 0 Å². The van der Waals surface area contributed by atoms with Crippen LogP contribution in [0, 0.1) is 10.1 Å². The topological polar surface area (TPSA) is 92.6 Å². The molecule has 1 fully saturated rings. The lowest BCUT2D eigenvalue weighted by Gasteiger charge is -2.21. The minimum absolute atomic E-state index is 0.0140. The number of rotatable bonds is 5. The van der Waals surface area contributed by atoms with Crippen LogP contribution < -0.4 is 0 Å². The highest BCUT2D eigenvalue weighted by Crippen LogP contribution is 2.34. The van der Waals surface area contributed by atoms with Crippen molar-refractivity contribution in [2.75, 3.05) is 13.2 Å². The molecule has 4 heterocycles. The summed E-state index contributed by atoms with van der Waals surface area (Å²) in [7, 11) is 0. The zero-order valence-electron chi connectivity index (χ0n) is 15.3. The van der Waals surface area contributed by atoms with Crippen LogP contribution in [-0.2, 0) is 16.0 Å². The summed E-state index contributed by atoms with van der Waals surface area (Å²) in [5.74, 6) is 1.08. The van der Waals surface area contributed by atoms with Crippen molar-refractivity contribution in [2.24, 2.45) is 0 Å². The number of hydrogen-bond acceptors (Lipinski definition) is 7. The molecule has 1 aliphatic heterocycles. The summed E-state index contributed by atoms with van der Waals surface area (Å²) in [6.45, 7) is 1.81. The third kappa shape index (κ3) is 3.44. The SMILES string of the molecule is O=[N+]([O-])c1ccc2c(c1)c(-c1ccc(C3OCCCO3)o1)nn2Cc1cccs1. The van der Waals surface area contributed by atoms with Crippen LogP contribution in [-0.4, -0.2) is 27.9 Å². The van der Waals surface area contributed by atoms with Crippen LogP contribution in [0.25, 0.3) is 22.4 Å². The normalized spacial score (nSPS) is 15.2. The van der Waals surface area contributed by atoms with Crippen molar-refractivity contribution < 1.29 is 18.8 Å². The molecule has 0 bridgehead atoms. The second kappa shape index (κ2) is 7.43. The molecule has 0 saturated carbocycles. The van der Waals surface area contributed by atoms with Gasteiger partial charge in [0.1, 0.15) is 5.69 Å². The number of furan rings is 1. The smallest absolute Gasteiger partial charge is 0.270 e. The monoisotopic (exact) mass is 411 g/mol. The van der Waals surface area contributed by atoms with Gasteiger partial charge >= 0.3 is 0 Å². The number of benzene rings is 1. The number of aromatic nitrogens is 2. The van der Waals surface area contributed by atoms with Gasteiger partial charge in [0, 0.05) is 22.4 Å². The van der Waals surface area contributed by atoms with Gasteiger partial charge in [-0.3, -0.25) is 14.8 Å². The van der Waals surface area contributed by atoms with E-state index in [1.165, 1.54) is 6.07 Å². The zero-order chi connectivity index (χ0) is 19.8. The summed E-state index contributed by atoms with van der Waals surface area (Å²) in [4.78, 5) is 12.0. The number of nitrogens with zero attached hydrogens (tertiary/aromatic N) is 3. The molecule has 0 spiro atoms. The lowest BCUT2D eigenvalue weighted by Crippen LogP contribution is -2.17. The maximum Gasteiger partial charge on any atom is 0.270 e. The quantitative estimate of drug-likeness (QED) is 0.348. The Bertz CT molecular complexity index is 1160. The molecule has 5 rings (SSSR count). The van der Waals surface area contributed by atoms with Crippen molar-refractivity contribution >= 4 is 27.9 Å². The first-order valence-corrected chi connectivity index (χ1v) is 10.1. The van der Waals surface area contributed by atoms with Crippen LogP contribution in [0.5, 0.6) is 0 Å². The van der Waals surface area contributed by atoms with E-state index in [0.717, 1.165) is 16.8 Å². The molecule has 0 N–H and O–H groups in total. The molecule has 8 nitrogen and oxygen atoms in total. The molecular weight excluding hydrogens is 394 g/mol. The molecule has 3 aromatic heterocycles. The maximum atomic E-state index is 11.3. The third-order valence-electron chi connectivity index (χ3n) is 4.75. The maximum absolute atomic E-state index is 11.3. The van der Waals surface area contributed by atoms with Crippen LogP contribution >= 0.6 is 11.3 Å². The highest BCUT2D eigenvalue weighted by Gasteiger charge is 2.23. The van der Waals surface area contributed by atoms with Crippen molar-refractivity contribution in [1.29, 1.82) is 0 Å². The molecule has 0 aliphatic carbocycles. The molecule has 1 aliphatic rings. The van der Waals surface area contributed by atoms with Crippen LogP contribution in [0.15, 0.2) is 52.3 Å². The lowest BCUT2D eigenvalue weighted by atomic mass is 10.1. The standard InChI is InChI=1S/C20H17N3O5S/c24-23(25)13-4-5-16-15(11-13)19(21-22(16)12-14-3-1-10-29-14)17-6-7-18(28-17)20-26-8-2-9-27-20/h1,3-7,10-11,20H,2,8-9,12H2. The van der Waals surface area contributed by atoms with Gasteiger partial charge in [0.25, 0.3) is 5.69 Å². The van der Waals surface area contributed by atoms with Gasteiger partial charge in [0.05, 0.1) is 30.2 Å². The van der Waals surface area contributed by atoms with Crippen LogP contribution in [0.1, 0.15) is 23.3 Å². The number of fused-ring (bicyclic) bond motifs is 1. The molecule has 0 amide bonds. The van der Waals surface area contributed by atoms with Crippen molar-refractivity contribution in [2.45, 2.75) is 19.3 Å². The second-order valence-corrected chi connectivity index (χ2v) is 7.71. The van der Waals surface area contributed by atoms with Crippen molar-refractivity contribution in [1.82, 2.24) is 9.78 Å². The van der Waals surface area contributed by atoms with Crippen molar-refractivity contribution in [3.05, 3.63) is 68.6 Å². The number of nitro benzene ring substituents is 1. The Labute approximate surface area is 169 Å². The Morgan fingerprint density at radius 1 is 1.21 bits per heavy atom. The van der Waals surface area contributed by atoms with E-state index in [2.05, 4.69) is 0 Å². The molecule has 1 saturated heterocycles. The molecule has 0 unspecified atom stereocenters. The molecule has 9 heteroatoms. The predicted molar refractivity (Wildman–Crippen MR) is 107 cm³/mol. The summed E-state index contributed by atoms with van der Waals surface area (Å²) >= 11 is 1.64. The largest absolute Gasteiger partial charge is 0.454 e. The number of hydrogen-bond donors (Lipinski definition) is 0. The lowest BCUT2D eigenvalue weighted by molar-refractivity contribution is -0.384. The van der Waals surface area contributed by atoms with E-state index < -0.39 is 11.2 Å². The molecule has 148 valence electrons. The van der Waals surface area contributed by atoms with Gasteiger partial charge in [-0.2, -0.15) is 5.10 Å². The van der Waals surface area contributed by atoms with E-state index in [1.54, 1.807) is 35.6 Å². The fourth-order valence-corrected chi connectivity index (χ4v) is 4.08. The Morgan fingerprint density at radius 2 is 2.07 bits per heavy atom. The van der Waals surface area contributed by atoms with Gasteiger partial charge < -0.3 is 13.9 Å². The van der Waals surface area contributed by atoms with Crippen molar-refractivity contribution in [3.8, 4) is 11.5 Å². The van der Waals surface area contributed by atoms with Gasteiger partial charge in [0.2, 0.25) is 6.29 Å². The first-order chi connectivity index (χ1) is 14.2. The summed E-state index contributed by atoms with van der Waals surface area (Å²) in [5, 5.41) is 18.7. The summed E-state index contributed by atoms with van der Waals surface area (Å²) in [6.07, 6.45) is 0.317. The number of ether oxygens (including phenoxy) is 2. The number of non-ortho nitro benzene ring substituents is 1. The van der Waals surface area contributed by atoms with Gasteiger partial charge in [-0.05, 0) is 36.1 Å². The van der Waals surface area contributed by atoms with E-state index in [4.69, 9.17) is 19.0 Å². The Morgan fingerprint density at radius 3 is 2.83 bits per heavy atom. The minimum Gasteiger partial charge on any atom is -0.454 e. The molecular formula is C20H17N3O5S.